The van der Waals surface area contributed by atoms with E-state index in [1.807, 2.05) is 6.26 Å². The molecule has 2 nitrogen and oxygen atoms in total. The van der Waals surface area contributed by atoms with E-state index in [1.165, 1.54) is 32.8 Å². The summed E-state index contributed by atoms with van der Waals surface area (Å²) >= 11 is 1.74. The quantitative estimate of drug-likeness (QED) is 0.654. The van der Waals surface area contributed by atoms with Crippen LogP contribution in [0.2, 0.25) is 0 Å². The van der Waals surface area contributed by atoms with Gasteiger partial charge in [-0.1, -0.05) is 12.8 Å². The van der Waals surface area contributed by atoms with Crippen LogP contribution in [-0.2, 0) is 9.53 Å². The molecule has 76 valence electrons. The first-order chi connectivity index (χ1) is 6.29. The highest BCUT2D eigenvalue weighted by Crippen LogP contribution is 2.33. The van der Waals surface area contributed by atoms with E-state index in [2.05, 4.69) is 0 Å². The summed E-state index contributed by atoms with van der Waals surface area (Å²) in [5.74, 6) is 1.63. The van der Waals surface area contributed by atoms with Gasteiger partial charge in [0.2, 0.25) is 0 Å². The standard InChI is InChI=1S/C10H18O2S/c1-12-10(11)9(7-13-2)8-5-3-4-6-8/h8-9H,3-7H2,1-2H3. The monoisotopic (exact) mass is 202 g/mol. The number of carbonyl (C=O) groups excluding carboxylic acids is 1. The van der Waals surface area contributed by atoms with Crippen LogP contribution < -0.4 is 0 Å². The summed E-state index contributed by atoms with van der Waals surface area (Å²) in [6, 6.07) is 0. The Balaban J connectivity index is 2.49. The number of carbonyl (C=O) groups is 1. The summed E-state index contributed by atoms with van der Waals surface area (Å²) < 4.78 is 4.83. The molecule has 1 aliphatic carbocycles. The average Bonchev–Trinajstić information content (AvgIpc) is 2.65. The lowest BCUT2D eigenvalue weighted by Gasteiger charge is -2.19. The number of hydrogen-bond donors (Lipinski definition) is 0. The van der Waals surface area contributed by atoms with Crippen molar-refractivity contribution in [3.05, 3.63) is 0 Å². The topological polar surface area (TPSA) is 26.3 Å². The van der Waals surface area contributed by atoms with Crippen LogP contribution in [0.4, 0.5) is 0 Å². The van der Waals surface area contributed by atoms with Crippen molar-refractivity contribution in [3.8, 4) is 0 Å². The highest BCUT2D eigenvalue weighted by atomic mass is 32.2. The molecule has 0 bridgehead atoms. The van der Waals surface area contributed by atoms with Crippen molar-refractivity contribution in [2.45, 2.75) is 25.7 Å². The molecule has 0 spiro atoms. The fourth-order valence-corrected chi connectivity index (χ4v) is 2.85. The molecule has 0 radical (unpaired) electrons. The van der Waals surface area contributed by atoms with Gasteiger partial charge >= 0.3 is 5.97 Å². The molecular weight excluding hydrogens is 184 g/mol. The van der Waals surface area contributed by atoms with Gasteiger partial charge in [0, 0.05) is 5.75 Å². The summed E-state index contributed by atoms with van der Waals surface area (Å²) in [4.78, 5) is 11.5. The Morgan fingerprint density at radius 1 is 1.54 bits per heavy atom. The van der Waals surface area contributed by atoms with Gasteiger partial charge in [0.25, 0.3) is 0 Å². The maximum atomic E-state index is 11.5. The first-order valence-electron chi connectivity index (χ1n) is 4.86. The van der Waals surface area contributed by atoms with Gasteiger partial charge in [-0.05, 0) is 25.0 Å². The van der Waals surface area contributed by atoms with Gasteiger partial charge in [-0.25, -0.2) is 0 Å². The molecule has 0 aliphatic heterocycles. The predicted molar refractivity (Wildman–Crippen MR) is 55.8 cm³/mol. The molecule has 13 heavy (non-hydrogen) atoms. The SMILES string of the molecule is COC(=O)C(CSC)C1CCCC1. The van der Waals surface area contributed by atoms with E-state index < -0.39 is 0 Å². The molecule has 1 fully saturated rings. The van der Waals surface area contributed by atoms with Gasteiger partial charge in [0.15, 0.2) is 0 Å². The number of methoxy groups -OCH3 is 1. The van der Waals surface area contributed by atoms with Crippen molar-refractivity contribution < 1.29 is 9.53 Å². The van der Waals surface area contributed by atoms with E-state index in [0.29, 0.717) is 5.92 Å². The summed E-state index contributed by atoms with van der Waals surface area (Å²) in [5.41, 5.74) is 0. The van der Waals surface area contributed by atoms with E-state index in [0.717, 1.165) is 5.75 Å². The Morgan fingerprint density at radius 3 is 2.62 bits per heavy atom. The number of ether oxygens (including phenoxy) is 1. The molecule has 0 aromatic heterocycles. The summed E-state index contributed by atoms with van der Waals surface area (Å²) in [5, 5.41) is 0. The van der Waals surface area contributed by atoms with Crippen LogP contribution in [-0.4, -0.2) is 25.1 Å². The molecule has 1 aliphatic rings. The van der Waals surface area contributed by atoms with Crippen molar-refractivity contribution in [3.63, 3.8) is 0 Å². The van der Waals surface area contributed by atoms with Crippen molar-refractivity contribution in [2.24, 2.45) is 11.8 Å². The molecule has 0 heterocycles. The minimum atomic E-state index is -0.0127. The van der Waals surface area contributed by atoms with Gasteiger partial charge in [-0.15, -0.1) is 0 Å². The molecule has 1 atom stereocenters. The van der Waals surface area contributed by atoms with Gasteiger partial charge in [0.05, 0.1) is 13.0 Å². The second kappa shape index (κ2) is 5.53. The molecule has 3 heteroatoms. The lowest BCUT2D eigenvalue weighted by molar-refractivity contribution is -0.146. The smallest absolute Gasteiger partial charge is 0.309 e. The molecule has 0 aromatic carbocycles. The Labute approximate surface area is 84.4 Å². The normalized spacial score (nSPS) is 20.2. The maximum absolute atomic E-state index is 11.5. The zero-order valence-electron chi connectivity index (χ0n) is 8.41. The van der Waals surface area contributed by atoms with Crippen LogP contribution in [0.3, 0.4) is 0 Å². The average molecular weight is 202 g/mol. The third kappa shape index (κ3) is 2.90. The van der Waals surface area contributed by atoms with Gasteiger partial charge < -0.3 is 4.74 Å². The summed E-state index contributed by atoms with van der Waals surface area (Å²) in [6.45, 7) is 0. The highest BCUT2D eigenvalue weighted by molar-refractivity contribution is 7.98. The van der Waals surface area contributed by atoms with E-state index in [4.69, 9.17) is 4.74 Å². The minimum absolute atomic E-state index is 0.0127. The van der Waals surface area contributed by atoms with Crippen LogP contribution >= 0.6 is 11.8 Å². The molecule has 0 saturated heterocycles. The zero-order chi connectivity index (χ0) is 9.68. The zero-order valence-corrected chi connectivity index (χ0v) is 9.23. The van der Waals surface area contributed by atoms with E-state index in [1.54, 1.807) is 11.8 Å². The fraction of sp³-hybridized carbons (Fsp3) is 0.900. The Bertz CT molecular complexity index is 164. The molecule has 0 N–H and O–H groups in total. The van der Waals surface area contributed by atoms with Crippen LogP contribution in [0, 0.1) is 11.8 Å². The van der Waals surface area contributed by atoms with Gasteiger partial charge in [-0.2, -0.15) is 11.8 Å². The molecular formula is C10H18O2S. The molecule has 0 amide bonds. The van der Waals surface area contributed by atoms with Crippen LogP contribution in [0.25, 0.3) is 0 Å². The first kappa shape index (κ1) is 10.9. The summed E-state index contributed by atoms with van der Waals surface area (Å²) in [6.07, 6.45) is 7.03. The van der Waals surface area contributed by atoms with Crippen LogP contribution in [0.5, 0.6) is 0 Å². The van der Waals surface area contributed by atoms with E-state index in [-0.39, 0.29) is 11.9 Å². The van der Waals surface area contributed by atoms with Crippen molar-refractivity contribution in [1.29, 1.82) is 0 Å². The maximum Gasteiger partial charge on any atom is 0.309 e. The Morgan fingerprint density at radius 2 is 2.15 bits per heavy atom. The summed E-state index contributed by atoms with van der Waals surface area (Å²) in [7, 11) is 1.49. The lowest BCUT2D eigenvalue weighted by Crippen LogP contribution is -2.25. The number of thioether (sulfide) groups is 1. The first-order valence-corrected chi connectivity index (χ1v) is 6.25. The largest absolute Gasteiger partial charge is 0.469 e. The van der Waals surface area contributed by atoms with Crippen molar-refractivity contribution in [2.75, 3.05) is 19.1 Å². The molecule has 1 rings (SSSR count). The second-order valence-electron chi connectivity index (χ2n) is 3.63. The number of esters is 1. The van der Waals surface area contributed by atoms with Gasteiger partial charge in [0.1, 0.15) is 0 Å². The van der Waals surface area contributed by atoms with E-state index in [9.17, 15) is 4.79 Å². The molecule has 0 aromatic rings. The number of hydrogen-bond acceptors (Lipinski definition) is 3. The predicted octanol–water partition coefficient (Wildman–Crippen LogP) is 2.33. The Kier molecular flexibility index (Phi) is 4.64. The second-order valence-corrected chi connectivity index (χ2v) is 4.54. The third-order valence-electron chi connectivity index (χ3n) is 2.82. The minimum Gasteiger partial charge on any atom is -0.469 e. The number of rotatable bonds is 4. The molecule has 1 unspecified atom stereocenters. The fourth-order valence-electron chi connectivity index (χ4n) is 2.09. The van der Waals surface area contributed by atoms with Gasteiger partial charge in [-0.3, -0.25) is 4.79 Å². The highest BCUT2D eigenvalue weighted by Gasteiger charge is 2.30. The molecule has 1 saturated carbocycles. The van der Waals surface area contributed by atoms with Crippen LogP contribution in [0.1, 0.15) is 25.7 Å². The third-order valence-corrected chi connectivity index (χ3v) is 3.51. The van der Waals surface area contributed by atoms with Crippen molar-refractivity contribution >= 4 is 17.7 Å². The Hall–Kier alpha value is -0.180. The van der Waals surface area contributed by atoms with Crippen molar-refractivity contribution in [1.82, 2.24) is 0 Å². The van der Waals surface area contributed by atoms with E-state index >= 15 is 0 Å². The lowest BCUT2D eigenvalue weighted by atomic mass is 9.93. The van der Waals surface area contributed by atoms with Crippen LogP contribution in [0.15, 0.2) is 0 Å².